The van der Waals surface area contributed by atoms with Crippen molar-refractivity contribution in [2.45, 2.75) is 45.4 Å². The van der Waals surface area contributed by atoms with Gasteiger partial charge in [-0.25, -0.2) is 4.79 Å². The maximum atomic E-state index is 12.2. The normalized spacial score (nSPS) is 17.7. The summed E-state index contributed by atoms with van der Waals surface area (Å²) >= 11 is 2.94. The largest absolute Gasteiger partial charge is 0.451 e. The Morgan fingerprint density at radius 3 is 2.93 bits per heavy atom. The highest BCUT2D eigenvalue weighted by atomic mass is 32.1. The van der Waals surface area contributed by atoms with Crippen molar-refractivity contribution < 1.29 is 14.3 Å². The quantitative estimate of drug-likeness (QED) is 0.784. The van der Waals surface area contributed by atoms with Crippen LogP contribution in [-0.2, 0) is 35.2 Å². The molecule has 1 amide bonds. The van der Waals surface area contributed by atoms with Crippen LogP contribution >= 0.6 is 22.7 Å². The Labute approximate surface area is 166 Å². The number of amides is 1. The Morgan fingerprint density at radius 1 is 1.30 bits per heavy atom. The Morgan fingerprint density at radius 2 is 2.15 bits per heavy atom. The van der Waals surface area contributed by atoms with E-state index in [9.17, 15) is 14.9 Å². The first-order chi connectivity index (χ1) is 13.0. The van der Waals surface area contributed by atoms with Crippen LogP contribution in [0.2, 0.25) is 0 Å². The van der Waals surface area contributed by atoms with E-state index in [1.807, 2.05) is 6.07 Å². The molecule has 2 aromatic rings. The van der Waals surface area contributed by atoms with Gasteiger partial charge in [-0.3, -0.25) is 4.79 Å². The second-order valence-electron chi connectivity index (χ2n) is 7.20. The molecule has 2 aliphatic carbocycles. The third kappa shape index (κ3) is 3.64. The molecular formula is C20H20N2O3S2. The maximum Gasteiger partial charge on any atom is 0.348 e. The summed E-state index contributed by atoms with van der Waals surface area (Å²) in [5.41, 5.74) is 2.87. The fourth-order valence-corrected chi connectivity index (χ4v) is 6.28. The molecule has 2 aromatic heterocycles. The van der Waals surface area contributed by atoms with Crippen molar-refractivity contribution in [2.75, 3.05) is 11.9 Å². The number of carbonyl (C=O) groups is 2. The van der Waals surface area contributed by atoms with Gasteiger partial charge in [-0.05, 0) is 61.6 Å². The number of fused-ring (bicyclic) bond motifs is 2. The van der Waals surface area contributed by atoms with E-state index in [2.05, 4.69) is 18.3 Å². The number of hydrogen-bond acceptors (Lipinski definition) is 6. The van der Waals surface area contributed by atoms with Crippen LogP contribution in [0, 0.1) is 17.2 Å². The number of thiophene rings is 2. The Hall–Kier alpha value is -2.17. The van der Waals surface area contributed by atoms with Gasteiger partial charge in [0.05, 0.1) is 5.56 Å². The number of nitrogens with one attached hydrogen (secondary N) is 1. The van der Waals surface area contributed by atoms with Gasteiger partial charge in [0.2, 0.25) is 0 Å². The van der Waals surface area contributed by atoms with Crippen molar-refractivity contribution in [1.82, 2.24) is 0 Å². The van der Waals surface area contributed by atoms with E-state index < -0.39 is 11.9 Å². The molecule has 7 heteroatoms. The van der Waals surface area contributed by atoms with Gasteiger partial charge < -0.3 is 10.1 Å². The summed E-state index contributed by atoms with van der Waals surface area (Å²) in [6.07, 6.45) is 6.06. The summed E-state index contributed by atoms with van der Waals surface area (Å²) in [6, 6.07) is 4.11. The number of ether oxygens (including phenoxy) is 1. The lowest BCUT2D eigenvalue weighted by molar-refractivity contribution is -0.119. The highest BCUT2D eigenvalue weighted by molar-refractivity contribution is 7.16. The molecule has 0 radical (unpaired) electrons. The van der Waals surface area contributed by atoms with Crippen molar-refractivity contribution in [2.24, 2.45) is 5.92 Å². The third-order valence-electron chi connectivity index (χ3n) is 5.16. The molecule has 1 N–H and O–H groups in total. The van der Waals surface area contributed by atoms with Crippen LogP contribution in [0.1, 0.15) is 55.9 Å². The number of hydrogen-bond donors (Lipinski definition) is 1. The first-order valence-corrected chi connectivity index (χ1v) is 10.8. The van der Waals surface area contributed by atoms with E-state index in [4.69, 9.17) is 4.74 Å². The SMILES string of the molecule is C[C@@H]1CCc2c(sc(NC(=O)COC(=O)c3cc4c(s3)CCC4)c2C#N)C1. The van der Waals surface area contributed by atoms with Crippen LogP contribution in [0.25, 0.3) is 0 Å². The van der Waals surface area contributed by atoms with Gasteiger partial charge in [0.25, 0.3) is 5.91 Å². The van der Waals surface area contributed by atoms with Crippen molar-refractivity contribution >= 4 is 39.6 Å². The summed E-state index contributed by atoms with van der Waals surface area (Å²) in [4.78, 5) is 27.4. The smallest absolute Gasteiger partial charge is 0.348 e. The van der Waals surface area contributed by atoms with Crippen molar-refractivity contribution in [3.8, 4) is 6.07 Å². The lowest BCUT2D eigenvalue weighted by Crippen LogP contribution is -2.20. The summed E-state index contributed by atoms with van der Waals surface area (Å²) in [7, 11) is 0. The zero-order valence-electron chi connectivity index (χ0n) is 15.1. The number of carbonyl (C=O) groups excluding carboxylic acids is 2. The fourth-order valence-electron chi connectivity index (χ4n) is 3.75. The van der Waals surface area contributed by atoms with Crippen LogP contribution in [0.3, 0.4) is 0 Å². The molecule has 0 spiro atoms. The van der Waals surface area contributed by atoms with Gasteiger partial charge >= 0.3 is 5.97 Å². The van der Waals surface area contributed by atoms with E-state index in [0.29, 0.717) is 21.4 Å². The highest BCUT2D eigenvalue weighted by Gasteiger charge is 2.25. The molecule has 0 aliphatic heterocycles. The second-order valence-corrected chi connectivity index (χ2v) is 9.45. The van der Waals surface area contributed by atoms with Crippen LogP contribution in [0.15, 0.2) is 6.07 Å². The summed E-state index contributed by atoms with van der Waals surface area (Å²) < 4.78 is 5.17. The first-order valence-electron chi connectivity index (χ1n) is 9.18. The van der Waals surface area contributed by atoms with Crippen molar-refractivity contribution in [3.63, 3.8) is 0 Å². The fraction of sp³-hybridized carbons (Fsp3) is 0.450. The maximum absolute atomic E-state index is 12.2. The number of esters is 1. The van der Waals surface area contributed by atoms with Crippen LogP contribution in [0.5, 0.6) is 0 Å². The molecule has 5 nitrogen and oxygen atoms in total. The molecule has 27 heavy (non-hydrogen) atoms. The first kappa shape index (κ1) is 18.2. The molecule has 2 heterocycles. The van der Waals surface area contributed by atoms with Gasteiger partial charge in [0.1, 0.15) is 15.9 Å². The average Bonchev–Trinajstić information content (AvgIpc) is 3.31. The number of nitrogens with zero attached hydrogens (tertiary/aromatic N) is 1. The number of aryl methyl sites for hydroxylation is 2. The summed E-state index contributed by atoms with van der Waals surface area (Å²) in [6.45, 7) is 1.86. The summed E-state index contributed by atoms with van der Waals surface area (Å²) in [5, 5.41) is 12.8. The van der Waals surface area contributed by atoms with E-state index in [0.717, 1.165) is 44.1 Å². The van der Waals surface area contributed by atoms with Crippen molar-refractivity contribution in [3.05, 3.63) is 37.4 Å². The molecule has 1 atom stereocenters. The molecular weight excluding hydrogens is 380 g/mol. The molecule has 0 saturated heterocycles. The zero-order chi connectivity index (χ0) is 19.0. The number of nitriles is 1. The van der Waals surface area contributed by atoms with E-state index >= 15 is 0 Å². The average molecular weight is 401 g/mol. The predicted octanol–water partition coefficient (Wildman–Crippen LogP) is 4.09. The molecule has 2 aliphatic rings. The van der Waals surface area contributed by atoms with Gasteiger partial charge in [0, 0.05) is 9.75 Å². The van der Waals surface area contributed by atoms with Crippen LogP contribution < -0.4 is 5.32 Å². The lowest BCUT2D eigenvalue weighted by Gasteiger charge is -2.17. The third-order valence-corrected chi connectivity index (χ3v) is 7.55. The Bertz CT molecular complexity index is 930. The molecule has 4 rings (SSSR count). The van der Waals surface area contributed by atoms with Crippen LogP contribution in [-0.4, -0.2) is 18.5 Å². The number of anilines is 1. The minimum Gasteiger partial charge on any atom is -0.451 e. The van der Waals surface area contributed by atoms with Gasteiger partial charge in [-0.2, -0.15) is 5.26 Å². The molecule has 0 bridgehead atoms. The van der Waals surface area contributed by atoms with E-state index in [1.54, 1.807) is 0 Å². The minimum absolute atomic E-state index is 0.342. The molecule has 0 fully saturated rings. The van der Waals surface area contributed by atoms with E-state index in [-0.39, 0.29) is 6.61 Å². The second kappa shape index (κ2) is 7.45. The minimum atomic E-state index is -0.454. The highest BCUT2D eigenvalue weighted by Crippen LogP contribution is 2.39. The molecule has 0 unspecified atom stereocenters. The van der Waals surface area contributed by atoms with Gasteiger partial charge in [-0.1, -0.05) is 6.92 Å². The zero-order valence-corrected chi connectivity index (χ0v) is 16.7. The Balaban J connectivity index is 1.38. The van der Waals surface area contributed by atoms with Gasteiger partial charge in [0.15, 0.2) is 6.61 Å². The molecule has 140 valence electrons. The topological polar surface area (TPSA) is 79.2 Å². The van der Waals surface area contributed by atoms with E-state index in [1.165, 1.54) is 38.0 Å². The monoisotopic (exact) mass is 400 g/mol. The standard InChI is InChI=1S/C20H20N2O3S2/c1-11-5-6-13-14(9-21)19(27-16(13)7-11)22-18(23)10-25-20(24)17-8-12-3-2-4-15(12)26-17/h8,11H,2-7,10H2,1H3,(H,22,23)/t11-/m1/s1. The van der Waals surface area contributed by atoms with Gasteiger partial charge in [-0.15, -0.1) is 22.7 Å². The Kier molecular flexibility index (Phi) is 5.02. The molecule has 0 saturated carbocycles. The predicted molar refractivity (Wildman–Crippen MR) is 105 cm³/mol. The number of rotatable bonds is 4. The summed E-state index contributed by atoms with van der Waals surface area (Å²) in [5.74, 6) is -0.264. The van der Waals surface area contributed by atoms with Crippen molar-refractivity contribution in [1.29, 1.82) is 5.26 Å². The van der Waals surface area contributed by atoms with Crippen LogP contribution in [0.4, 0.5) is 5.00 Å². The molecule has 0 aromatic carbocycles. The lowest BCUT2D eigenvalue weighted by atomic mass is 9.89.